The Morgan fingerprint density at radius 1 is 0.960 bits per heavy atom. The zero-order valence-corrected chi connectivity index (χ0v) is 13.6. The summed E-state index contributed by atoms with van der Waals surface area (Å²) >= 11 is 0. The van der Waals surface area contributed by atoms with Crippen molar-refractivity contribution < 1.29 is 23.7 Å². The number of ether oxygens (including phenoxy) is 4. The molecule has 1 N–H and O–H groups in total. The molecule has 2 aromatic rings. The second-order valence-electron chi connectivity index (χ2n) is 6.31. The molecule has 0 aromatic heterocycles. The van der Waals surface area contributed by atoms with Gasteiger partial charge in [-0.15, -0.1) is 0 Å². The third-order valence-electron chi connectivity index (χ3n) is 4.75. The Labute approximate surface area is 144 Å². The quantitative estimate of drug-likeness (QED) is 0.930. The van der Waals surface area contributed by atoms with E-state index in [0.717, 1.165) is 41.0 Å². The van der Waals surface area contributed by atoms with Gasteiger partial charge in [0.1, 0.15) is 11.5 Å². The van der Waals surface area contributed by atoms with Crippen LogP contribution >= 0.6 is 0 Å². The molecule has 2 aromatic carbocycles. The summed E-state index contributed by atoms with van der Waals surface area (Å²) in [5.74, 6) is 3.02. The molecule has 1 amide bonds. The molecular formula is C19H17NO5. The average molecular weight is 339 g/mol. The second kappa shape index (κ2) is 5.58. The van der Waals surface area contributed by atoms with Gasteiger partial charge in [0, 0.05) is 41.3 Å². The van der Waals surface area contributed by atoms with Gasteiger partial charge in [-0.3, -0.25) is 4.79 Å². The molecule has 5 rings (SSSR count). The van der Waals surface area contributed by atoms with Crippen LogP contribution in [0.15, 0.2) is 24.3 Å². The topological polar surface area (TPSA) is 66.0 Å². The van der Waals surface area contributed by atoms with Crippen molar-refractivity contribution in [3.05, 3.63) is 41.0 Å². The minimum atomic E-state index is -0.0862. The normalized spacial score (nSPS) is 16.0. The molecule has 3 aliphatic rings. The Morgan fingerprint density at radius 2 is 1.84 bits per heavy atom. The maximum atomic E-state index is 12.6. The fourth-order valence-corrected chi connectivity index (χ4v) is 3.61. The first kappa shape index (κ1) is 14.5. The highest BCUT2D eigenvalue weighted by Crippen LogP contribution is 2.41. The van der Waals surface area contributed by atoms with Gasteiger partial charge in [0.15, 0.2) is 11.5 Å². The van der Waals surface area contributed by atoms with E-state index in [2.05, 4.69) is 11.4 Å². The van der Waals surface area contributed by atoms with Gasteiger partial charge in [0.05, 0.1) is 19.6 Å². The number of anilines is 1. The summed E-state index contributed by atoms with van der Waals surface area (Å²) in [6.07, 6.45) is 1.95. The molecule has 0 radical (unpaired) electrons. The number of benzene rings is 2. The number of hydrogen-bond acceptors (Lipinski definition) is 5. The van der Waals surface area contributed by atoms with E-state index in [1.165, 1.54) is 0 Å². The largest absolute Gasteiger partial charge is 0.493 e. The van der Waals surface area contributed by atoms with Gasteiger partial charge in [-0.2, -0.15) is 0 Å². The van der Waals surface area contributed by atoms with E-state index in [1.54, 1.807) is 12.1 Å². The standard InChI is InChI=1S/C19H17NO5/c21-18(20-12-1-2-15-17(8-12)25-10-24-15)9-14-13-4-6-22-16(13)7-11-3-5-23-19(11)14/h1-2,7-8H,3-6,9-10H2,(H,20,21). The van der Waals surface area contributed by atoms with Gasteiger partial charge in [0.25, 0.3) is 0 Å². The lowest BCUT2D eigenvalue weighted by Gasteiger charge is -2.13. The summed E-state index contributed by atoms with van der Waals surface area (Å²) < 4.78 is 22.1. The predicted molar refractivity (Wildman–Crippen MR) is 89.7 cm³/mol. The molecule has 0 spiro atoms. The molecule has 25 heavy (non-hydrogen) atoms. The average Bonchev–Trinajstić information content (AvgIpc) is 3.33. The van der Waals surface area contributed by atoms with Crippen molar-refractivity contribution in [2.75, 3.05) is 25.3 Å². The first-order valence-electron chi connectivity index (χ1n) is 8.40. The van der Waals surface area contributed by atoms with E-state index >= 15 is 0 Å². The van der Waals surface area contributed by atoms with E-state index in [4.69, 9.17) is 18.9 Å². The Bertz CT molecular complexity index is 844. The molecule has 0 aliphatic carbocycles. The van der Waals surface area contributed by atoms with Crippen molar-refractivity contribution in [2.24, 2.45) is 0 Å². The highest BCUT2D eigenvalue weighted by Gasteiger charge is 2.27. The summed E-state index contributed by atoms with van der Waals surface area (Å²) in [7, 11) is 0. The van der Waals surface area contributed by atoms with Gasteiger partial charge in [-0.05, 0) is 18.2 Å². The van der Waals surface area contributed by atoms with Crippen molar-refractivity contribution in [1.29, 1.82) is 0 Å². The van der Waals surface area contributed by atoms with Crippen LogP contribution < -0.4 is 24.3 Å². The van der Waals surface area contributed by atoms with Crippen molar-refractivity contribution >= 4 is 11.6 Å². The summed E-state index contributed by atoms with van der Waals surface area (Å²) in [5, 5.41) is 2.93. The molecule has 3 aliphatic heterocycles. The van der Waals surface area contributed by atoms with Crippen LogP contribution in [0.1, 0.15) is 16.7 Å². The van der Waals surface area contributed by atoms with Crippen LogP contribution in [-0.4, -0.2) is 25.9 Å². The smallest absolute Gasteiger partial charge is 0.231 e. The molecule has 6 nitrogen and oxygen atoms in total. The molecule has 0 saturated heterocycles. The van der Waals surface area contributed by atoms with Crippen LogP contribution in [0.4, 0.5) is 5.69 Å². The van der Waals surface area contributed by atoms with Crippen LogP contribution in [0.3, 0.4) is 0 Å². The number of nitrogens with one attached hydrogen (secondary N) is 1. The van der Waals surface area contributed by atoms with Crippen molar-refractivity contribution in [2.45, 2.75) is 19.3 Å². The Balaban J connectivity index is 1.40. The van der Waals surface area contributed by atoms with E-state index < -0.39 is 0 Å². The number of rotatable bonds is 3. The highest BCUT2D eigenvalue weighted by molar-refractivity contribution is 5.93. The van der Waals surface area contributed by atoms with E-state index in [9.17, 15) is 4.79 Å². The summed E-state index contributed by atoms with van der Waals surface area (Å²) in [6, 6.07) is 7.45. The minimum absolute atomic E-state index is 0.0862. The lowest BCUT2D eigenvalue weighted by molar-refractivity contribution is -0.115. The molecule has 128 valence electrons. The second-order valence-corrected chi connectivity index (χ2v) is 6.31. The van der Waals surface area contributed by atoms with Gasteiger partial charge >= 0.3 is 0 Å². The minimum Gasteiger partial charge on any atom is -0.493 e. The summed E-state index contributed by atoms with van der Waals surface area (Å²) in [4.78, 5) is 12.6. The van der Waals surface area contributed by atoms with Crippen LogP contribution in [0.5, 0.6) is 23.0 Å². The van der Waals surface area contributed by atoms with Gasteiger partial charge in [-0.1, -0.05) is 0 Å². The predicted octanol–water partition coefficient (Wildman–Crippen LogP) is 2.47. The van der Waals surface area contributed by atoms with Crippen LogP contribution in [0.25, 0.3) is 0 Å². The van der Waals surface area contributed by atoms with Gasteiger partial charge < -0.3 is 24.3 Å². The molecule has 3 heterocycles. The monoisotopic (exact) mass is 339 g/mol. The molecule has 0 atom stereocenters. The Kier molecular flexibility index (Phi) is 3.23. The number of carbonyl (C=O) groups is 1. The molecule has 0 fully saturated rings. The molecule has 0 unspecified atom stereocenters. The van der Waals surface area contributed by atoms with Crippen LogP contribution in [-0.2, 0) is 24.1 Å². The highest BCUT2D eigenvalue weighted by atomic mass is 16.7. The maximum absolute atomic E-state index is 12.6. The summed E-state index contributed by atoms with van der Waals surface area (Å²) in [5.41, 5.74) is 3.88. The number of carbonyl (C=O) groups excluding carboxylic acids is 1. The lowest BCUT2D eigenvalue weighted by atomic mass is 9.97. The SMILES string of the molecule is O=C(Cc1c2c(cc3c1OCC3)OCC2)Nc1ccc2c(c1)OCO2. The lowest BCUT2D eigenvalue weighted by Crippen LogP contribution is -2.16. The third-order valence-corrected chi connectivity index (χ3v) is 4.75. The first-order chi connectivity index (χ1) is 12.3. The van der Waals surface area contributed by atoms with Crippen molar-refractivity contribution in [3.63, 3.8) is 0 Å². The van der Waals surface area contributed by atoms with E-state index in [1.807, 2.05) is 6.07 Å². The third kappa shape index (κ3) is 2.45. The number of hydrogen-bond donors (Lipinski definition) is 1. The van der Waals surface area contributed by atoms with Crippen LogP contribution in [0.2, 0.25) is 0 Å². The van der Waals surface area contributed by atoms with Gasteiger partial charge in [-0.25, -0.2) is 0 Å². The molecular weight excluding hydrogens is 322 g/mol. The van der Waals surface area contributed by atoms with E-state index in [0.29, 0.717) is 30.4 Å². The fourth-order valence-electron chi connectivity index (χ4n) is 3.61. The molecule has 6 heteroatoms. The zero-order valence-electron chi connectivity index (χ0n) is 13.6. The molecule has 0 bridgehead atoms. The number of fused-ring (bicyclic) bond motifs is 3. The number of amides is 1. The van der Waals surface area contributed by atoms with Gasteiger partial charge in [0.2, 0.25) is 12.7 Å². The van der Waals surface area contributed by atoms with E-state index in [-0.39, 0.29) is 19.1 Å². The Hall–Kier alpha value is -2.89. The first-order valence-corrected chi connectivity index (χ1v) is 8.40. The molecule has 0 saturated carbocycles. The van der Waals surface area contributed by atoms with Crippen molar-refractivity contribution in [3.8, 4) is 23.0 Å². The maximum Gasteiger partial charge on any atom is 0.231 e. The van der Waals surface area contributed by atoms with Crippen LogP contribution in [0, 0.1) is 0 Å². The zero-order chi connectivity index (χ0) is 16.8. The van der Waals surface area contributed by atoms with Crippen molar-refractivity contribution in [1.82, 2.24) is 0 Å². The Morgan fingerprint density at radius 3 is 2.80 bits per heavy atom. The fraction of sp³-hybridized carbons (Fsp3) is 0.316. The summed E-state index contributed by atoms with van der Waals surface area (Å²) in [6.45, 7) is 1.54.